The van der Waals surface area contributed by atoms with Crippen molar-refractivity contribution in [3.63, 3.8) is 0 Å². The molecule has 1 fully saturated rings. The maximum absolute atomic E-state index is 13.0. The highest BCUT2D eigenvalue weighted by molar-refractivity contribution is 5.94. The summed E-state index contributed by atoms with van der Waals surface area (Å²) in [5, 5.41) is 8.64. The third-order valence-electron chi connectivity index (χ3n) is 3.04. The van der Waals surface area contributed by atoms with Crippen molar-refractivity contribution in [2.45, 2.75) is 18.8 Å². The van der Waals surface area contributed by atoms with Gasteiger partial charge in [0.2, 0.25) is 0 Å². The summed E-state index contributed by atoms with van der Waals surface area (Å²) < 4.78 is 25.9. The summed E-state index contributed by atoms with van der Waals surface area (Å²) in [7, 11) is 0. The standard InChI is InChI=1S/C13H12F2N2O/c14-13(15)5-7-17(8-6-13)12(18)11-3-1-10(9-16)2-4-11/h1-4H,5-8H2. The molecular formula is C13H12F2N2O. The number of benzene rings is 1. The van der Waals surface area contributed by atoms with Gasteiger partial charge in [-0.25, -0.2) is 8.78 Å². The Morgan fingerprint density at radius 1 is 1.22 bits per heavy atom. The van der Waals surface area contributed by atoms with Gasteiger partial charge in [-0.15, -0.1) is 0 Å². The van der Waals surface area contributed by atoms with E-state index in [0.29, 0.717) is 11.1 Å². The lowest BCUT2D eigenvalue weighted by Crippen LogP contribution is -2.42. The number of carbonyl (C=O) groups is 1. The Labute approximate surface area is 104 Å². The number of carbonyl (C=O) groups excluding carboxylic acids is 1. The number of nitriles is 1. The van der Waals surface area contributed by atoms with Crippen LogP contribution in [0.15, 0.2) is 24.3 Å². The van der Waals surface area contributed by atoms with Crippen molar-refractivity contribution in [1.82, 2.24) is 4.90 Å². The third kappa shape index (κ3) is 2.65. The molecule has 1 aliphatic rings. The highest BCUT2D eigenvalue weighted by Crippen LogP contribution is 2.28. The van der Waals surface area contributed by atoms with Crippen LogP contribution in [-0.4, -0.2) is 29.8 Å². The lowest BCUT2D eigenvalue weighted by molar-refractivity contribution is -0.0494. The quantitative estimate of drug-likeness (QED) is 0.768. The molecule has 0 aliphatic carbocycles. The molecule has 0 atom stereocenters. The lowest BCUT2D eigenvalue weighted by Gasteiger charge is -2.31. The molecule has 94 valence electrons. The van der Waals surface area contributed by atoms with E-state index in [1.165, 1.54) is 4.90 Å². The zero-order chi connectivity index (χ0) is 13.2. The highest BCUT2D eigenvalue weighted by atomic mass is 19.3. The second-order valence-corrected chi connectivity index (χ2v) is 4.34. The fourth-order valence-corrected chi connectivity index (χ4v) is 1.91. The van der Waals surface area contributed by atoms with Crippen LogP contribution in [0.4, 0.5) is 8.78 Å². The minimum absolute atomic E-state index is 0.0752. The van der Waals surface area contributed by atoms with Crippen LogP contribution < -0.4 is 0 Å². The van der Waals surface area contributed by atoms with Crippen LogP contribution >= 0.6 is 0 Å². The van der Waals surface area contributed by atoms with Gasteiger partial charge in [0, 0.05) is 31.5 Å². The minimum Gasteiger partial charge on any atom is -0.338 e. The number of hydrogen-bond donors (Lipinski definition) is 0. The molecule has 0 radical (unpaired) electrons. The van der Waals surface area contributed by atoms with Crippen molar-refractivity contribution in [3.05, 3.63) is 35.4 Å². The van der Waals surface area contributed by atoms with Gasteiger partial charge < -0.3 is 4.90 Å². The van der Waals surface area contributed by atoms with Crippen molar-refractivity contribution < 1.29 is 13.6 Å². The predicted octanol–water partition coefficient (Wildman–Crippen LogP) is 2.43. The van der Waals surface area contributed by atoms with Gasteiger partial charge in [0.05, 0.1) is 11.6 Å². The number of amides is 1. The fraction of sp³-hybridized carbons (Fsp3) is 0.385. The van der Waals surface area contributed by atoms with E-state index in [1.54, 1.807) is 24.3 Å². The molecule has 1 amide bonds. The third-order valence-corrected chi connectivity index (χ3v) is 3.04. The molecule has 18 heavy (non-hydrogen) atoms. The average molecular weight is 250 g/mol. The van der Waals surface area contributed by atoms with Crippen LogP contribution in [0.3, 0.4) is 0 Å². The first-order chi connectivity index (χ1) is 8.52. The first kappa shape index (κ1) is 12.5. The number of nitrogens with zero attached hydrogens (tertiary/aromatic N) is 2. The minimum atomic E-state index is -2.65. The maximum Gasteiger partial charge on any atom is 0.253 e. The van der Waals surface area contributed by atoms with Crippen LogP contribution in [0.5, 0.6) is 0 Å². The molecule has 0 N–H and O–H groups in total. The van der Waals surface area contributed by atoms with Crippen molar-refractivity contribution >= 4 is 5.91 Å². The van der Waals surface area contributed by atoms with Gasteiger partial charge in [-0.1, -0.05) is 0 Å². The number of likely N-dealkylation sites (tertiary alicyclic amines) is 1. The smallest absolute Gasteiger partial charge is 0.253 e. The first-order valence-corrected chi connectivity index (χ1v) is 5.69. The van der Waals surface area contributed by atoms with Gasteiger partial charge in [-0.05, 0) is 24.3 Å². The molecule has 5 heteroatoms. The molecule has 0 unspecified atom stereocenters. The monoisotopic (exact) mass is 250 g/mol. The first-order valence-electron chi connectivity index (χ1n) is 5.69. The Hall–Kier alpha value is -1.96. The van der Waals surface area contributed by atoms with Gasteiger partial charge in [0.15, 0.2) is 0 Å². The molecule has 1 saturated heterocycles. The van der Waals surface area contributed by atoms with Crippen molar-refractivity contribution in [2.75, 3.05) is 13.1 Å². The number of halogens is 2. The van der Waals surface area contributed by atoms with E-state index in [1.807, 2.05) is 6.07 Å². The normalized spacial score (nSPS) is 18.2. The fourth-order valence-electron chi connectivity index (χ4n) is 1.91. The van der Waals surface area contributed by atoms with Gasteiger partial charge in [-0.2, -0.15) is 5.26 Å². The zero-order valence-corrected chi connectivity index (χ0v) is 9.70. The summed E-state index contributed by atoms with van der Waals surface area (Å²) in [5.74, 6) is -2.91. The summed E-state index contributed by atoms with van der Waals surface area (Å²) in [5.41, 5.74) is 0.899. The van der Waals surface area contributed by atoms with Crippen molar-refractivity contribution in [2.24, 2.45) is 0 Å². The molecule has 0 saturated carbocycles. The molecule has 0 bridgehead atoms. The molecular weight excluding hydrogens is 238 g/mol. The SMILES string of the molecule is N#Cc1ccc(C(=O)N2CCC(F)(F)CC2)cc1. The van der Waals surface area contributed by atoms with E-state index in [4.69, 9.17) is 5.26 Å². The lowest BCUT2D eigenvalue weighted by atomic mass is 10.1. The van der Waals surface area contributed by atoms with Crippen LogP contribution in [0.1, 0.15) is 28.8 Å². The van der Waals surface area contributed by atoms with E-state index in [0.717, 1.165) is 0 Å². The van der Waals surface area contributed by atoms with Crippen LogP contribution in [0.2, 0.25) is 0 Å². The van der Waals surface area contributed by atoms with E-state index in [9.17, 15) is 13.6 Å². The van der Waals surface area contributed by atoms with Crippen molar-refractivity contribution in [1.29, 1.82) is 5.26 Å². The van der Waals surface area contributed by atoms with Crippen LogP contribution in [-0.2, 0) is 0 Å². The molecule has 0 spiro atoms. The van der Waals surface area contributed by atoms with E-state index < -0.39 is 5.92 Å². The Balaban J connectivity index is 2.06. The highest BCUT2D eigenvalue weighted by Gasteiger charge is 2.35. The van der Waals surface area contributed by atoms with E-state index in [2.05, 4.69) is 0 Å². The van der Waals surface area contributed by atoms with Crippen LogP contribution in [0, 0.1) is 11.3 Å². The summed E-state index contributed by atoms with van der Waals surface area (Å²) in [4.78, 5) is 13.4. The summed E-state index contributed by atoms with van der Waals surface area (Å²) >= 11 is 0. The Morgan fingerprint density at radius 3 is 2.28 bits per heavy atom. The maximum atomic E-state index is 13.0. The second kappa shape index (κ2) is 4.73. The summed E-state index contributed by atoms with van der Waals surface area (Å²) in [6.07, 6.45) is -0.565. The average Bonchev–Trinajstić information content (AvgIpc) is 2.38. The molecule has 1 aliphatic heterocycles. The van der Waals surface area contributed by atoms with Gasteiger partial charge in [0.25, 0.3) is 11.8 Å². The largest absolute Gasteiger partial charge is 0.338 e. The van der Waals surface area contributed by atoms with Gasteiger partial charge in [-0.3, -0.25) is 4.79 Å². The summed E-state index contributed by atoms with van der Waals surface area (Å²) in [6.45, 7) is 0.150. The zero-order valence-electron chi connectivity index (χ0n) is 9.70. The molecule has 1 aromatic carbocycles. The number of piperidine rings is 1. The molecule has 1 aromatic rings. The Morgan fingerprint density at radius 2 is 1.78 bits per heavy atom. The topological polar surface area (TPSA) is 44.1 Å². The van der Waals surface area contributed by atoms with Gasteiger partial charge >= 0.3 is 0 Å². The number of hydrogen-bond acceptors (Lipinski definition) is 2. The Bertz CT molecular complexity index is 481. The van der Waals surface area contributed by atoms with E-state index >= 15 is 0 Å². The number of alkyl halides is 2. The van der Waals surface area contributed by atoms with E-state index in [-0.39, 0.29) is 31.8 Å². The molecule has 2 rings (SSSR count). The predicted molar refractivity (Wildman–Crippen MR) is 61.2 cm³/mol. The van der Waals surface area contributed by atoms with Crippen LogP contribution in [0.25, 0.3) is 0 Å². The molecule has 1 heterocycles. The van der Waals surface area contributed by atoms with Gasteiger partial charge in [0.1, 0.15) is 0 Å². The number of rotatable bonds is 1. The summed E-state index contributed by atoms with van der Waals surface area (Å²) in [6, 6.07) is 8.15. The second-order valence-electron chi connectivity index (χ2n) is 4.34. The molecule has 0 aromatic heterocycles. The molecule has 3 nitrogen and oxygen atoms in total. The Kier molecular flexibility index (Phi) is 3.28. The van der Waals surface area contributed by atoms with Crippen molar-refractivity contribution in [3.8, 4) is 6.07 Å².